The molecule has 0 aliphatic heterocycles. The van der Waals surface area contributed by atoms with Crippen LogP contribution in [0.1, 0.15) is 44.9 Å². The zero-order chi connectivity index (χ0) is 8.39. The average molecular weight is 162 g/mol. The summed E-state index contributed by atoms with van der Waals surface area (Å²) in [6.45, 7) is 4.00. The lowest BCUT2D eigenvalue weighted by atomic mass is 9.98. The molecule has 1 saturated carbocycles. The molecule has 2 rings (SSSR count). The van der Waals surface area contributed by atoms with Crippen molar-refractivity contribution in [3.63, 3.8) is 0 Å². The summed E-state index contributed by atoms with van der Waals surface area (Å²) in [5.41, 5.74) is 3.02. The number of rotatable bonds is 2. The Labute approximate surface area is 75.4 Å². The van der Waals surface area contributed by atoms with Gasteiger partial charge in [-0.2, -0.15) is 0 Å². The smallest absolute Gasteiger partial charge is 0.0247 e. The summed E-state index contributed by atoms with van der Waals surface area (Å²) in [5.74, 6) is 1.02. The third-order valence-electron chi connectivity index (χ3n) is 3.20. The van der Waals surface area contributed by atoms with Crippen molar-refractivity contribution in [1.29, 1.82) is 0 Å². The minimum absolute atomic E-state index is 1.02. The second-order valence-electron chi connectivity index (χ2n) is 4.32. The second-order valence-corrected chi connectivity index (χ2v) is 4.32. The zero-order valence-electron chi connectivity index (χ0n) is 7.81. The molecule has 12 heavy (non-hydrogen) atoms. The molecule has 0 aromatic heterocycles. The van der Waals surface area contributed by atoms with Crippen LogP contribution >= 0.6 is 0 Å². The molecule has 0 amide bonds. The van der Waals surface area contributed by atoms with Crippen LogP contribution in [0.15, 0.2) is 23.8 Å². The Balaban J connectivity index is 1.86. The van der Waals surface area contributed by atoms with Gasteiger partial charge in [0, 0.05) is 0 Å². The molecule has 0 heteroatoms. The molecule has 0 aromatic rings. The van der Waals surface area contributed by atoms with Crippen molar-refractivity contribution in [2.24, 2.45) is 5.92 Å². The van der Waals surface area contributed by atoms with Crippen LogP contribution in [0.25, 0.3) is 0 Å². The third-order valence-corrected chi connectivity index (χ3v) is 3.20. The molecule has 0 aromatic carbocycles. The van der Waals surface area contributed by atoms with Gasteiger partial charge in [-0.1, -0.05) is 49.5 Å². The third kappa shape index (κ3) is 1.80. The Hall–Kier alpha value is -0.520. The largest absolute Gasteiger partial charge is 0.0958 e. The van der Waals surface area contributed by atoms with Crippen molar-refractivity contribution in [2.45, 2.75) is 44.9 Å². The Morgan fingerprint density at radius 3 is 2.58 bits per heavy atom. The van der Waals surface area contributed by atoms with Crippen molar-refractivity contribution >= 4 is 0 Å². The number of allylic oxidation sites excluding steroid dienone is 3. The highest BCUT2D eigenvalue weighted by molar-refractivity contribution is 5.28. The van der Waals surface area contributed by atoms with E-state index in [-0.39, 0.29) is 0 Å². The van der Waals surface area contributed by atoms with Crippen molar-refractivity contribution < 1.29 is 0 Å². The quantitative estimate of drug-likeness (QED) is 0.578. The van der Waals surface area contributed by atoms with Crippen LogP contribution in [0.2, 0.25) is 0 Å². The Kier molecular flexibility index (Phi) is 2.34. The minimum Gasteiger partial charge on any atom is -0.0958 e. The summed E-state index contributed by atoms with van der Waals surface area (Å²) < 4.78 is 0. The predicted molar refractivity (Wildman–Crippen MR) is 53.0 cm³/mol. The van der Waals surface area contributed by atoms with Gasteiger partial charge in [0.1, 0.15) is 0 Å². The van der Waals surface area contributed by atoms with Gasteiger partial charge in [0.05, 0.1) is 0 Å². The Morgan fingerprint density at radius 2 is 2.00 bits per heavy atom. The van der Waals surface area contributed by atoms with Gasteiger partial charge in [0.2, 0.25) is 0 Å². The van der Waals surface area contributed by atoms with Gasteiger partial charge >= 0.3 is 0 Å². The van der Waals surface area contributed by atoms with Crippen molar-refractivity contribution in [3.05, 3.63) is 23.8 Å². The number of hydrogen-bond donors (Lipinski definition) is 0. The Morgan fingerprint density at radius 1 is 1.25 bits per heavy atom. The van der Waals surface area contributed by atoms with E-state index in [0.29, 0.717) is 0 Å². The van der Waals surface area contributed by atoms with Crippen LogP contribution < -0.4 is 0 Å². The summed E-state index contributed by atoms with van der Waals surface area (Å²) >= 11 is 0. The maximum atomic E-state index is 4.00. The lowest BCUT2D eigenvalue weighted by Gasteiger charge is -2.08. The normalized spacial score (nSPS) is 25.0. The fourth-order valence-corrected chi connectivity index (χ4v) is 2.50. The van der Waals surface area contributed by atoms with Crippen molar-refractivity contribution in [1.82, 2.24) is 0 Å². The monoisotopic (exact) mass is 162 g/mol. The van der Waals surface area contributed by atoms with Gasteiger partial charge in [-0.3, -0.25) is 0 Å². The average Bonchev–Trinajstić information content (AvgIpc) is 2.63. The first kappa shape index (κ1) is 8.10. The van der Waals surface area contributed by atoms with Crippen LogP contribution in [0.5, 0.6) is 0 Å². The number of hydrogen-bond acceptors (Lipinski definition) is 0. The highest BCUT2D eigenvalue weighted by Crippen LogP contribution is 2.34. The second kappa shape index (κ2) is 3.47. The van der Waals surface area contributed by atoms with Crippen LogP contribution in [0, 0.1) is 5.92 Å². The lowest BCUT2D eigenvalue weighted by molar-refractivity contribution is 0.537. The van der Waals surface area contributed by atoms with Crippen LogP contribution in [0.3, 0.4) is 0 Å². The Bertz CT molecular complexity index is 204. The van der Waals surface area contributed by atoms with Crippen molar-refractivity contribution in [2.75, 3.05) is 0 Å². The standard InChI is InChI=1S/C12H18/c1-10-6-7-12(8-10)9-11-4-2-3-5-11/h8,11H,1-7,9H2. The highest BCUT2D eigenvalue weighted by atomic mass is 14.2. The molecule has 0 N–H and O–H groups in total. The molecule has 0 saturated heterocycles. The molecule has 2 aliphatic carbocycles. The summed E-state index contributed by atoms with van der Waals surface area (Å²) in [7, 11) is 0. The molecule has 0 heterocycles. The fourth-order valence-electron chi connectivity index (χ4n) is 2.50. The first-order valence-electron chi connectivity index (χ1n) is 5.22. The minimum atomic E-state index is 1.02. The molecule has 0 nitrogen and oxygen atoms in total. The van der Waals surface area contributed by atoms with E-state index in [9.17, 15) is 0 Å². The molecular weight excluding hydrogens is 144 g/mol. The van der Waals surface area contributed by atoms with E-state index >= 15 is 0 Å². The maximum Gasteiger partial charge on any atom is -0.0247 e. The van der Waals surface area contributed by atoms with Gasteiger partial charge < -0.3 is 0 Å². The molecule has 0 atom stereocenters. The molecule has 0 bridgehead atoms. The zero-order valence-corrected chi connectivity index (χ0v) is 7.81. The summed E-state index contributed by atoms with van der Waals surface area (Å²) in [4.78, 5) is 0. The summed E-state index contributed by atoms with van der Waals surface area (Å²) in [5, 5.41) is 0. The van der Waals surface area contributed by atoms with E-state index in [1.807, 2.05) is 0 Å². The van der Waals surface area contributed by atoms with E-state index in [1.54, 1.807) is 5.57 Å². The van der Waals surface area contributed by atoms with Crippen LogP contribution in [-0.4, -0.2) is 0 Å². The molecule has 1 fully saturated rings. The first-order chi connectivity index (χ1) is 5.84. The summed E-state index contributed by atoms with van der Waals surface area (Å²) in [6, 6.07) is 0. The van der Waals surface area contributed by atoms with E-state index in [0.717, 1.165) is 5.92 Å². The van der Waals surface area contributed by atoms with Gasteiger partial charge in [-0.15, -0.1) is 0 Å². The van der Waals surface area contributed by atoms with E-state index < -0.39 is 0 Å². The van der Waals surface area contributed by atoms with Gasteiger partial charge in [-0.05, 0) is 25.2 Å². The maximum absolute atomic E-state index is 4.00. The van der Waals surface area contributed by atoms with E-state index in [2.05, 4.69) is 12.7 Å². The first-order valence-corrected chi connectivity index (χ1v) is 5.22. The van der Waals surface area contributed by atoms with Gasteiger partial charge in [0.25, 0.3) is 0 Å². The van der Waals surface area contributed by atoms with Crippen LogP contribution in [-0.2, 0) is 0 Å². The van der Waals surface area contributed by atoms with Gasteiger partial charge in [0.15, 0.2) is 0 Å². The summed E-state index contributed by atoms with van der Waals surface area (Å²) in [6.07, 6.45) is 12.1. The molecule has 2 aliphatic rings. The SMILES string of the molecule is C=C1C=C(CC2CCCC2)CC1. The molecule has 0 spiro atoms. The fraction of sp³-hybridized carbons (Fsp3) is 0.667. The molecule has 66 valence electrons. The van der Waals surface area contributed by atoms with E-state index in [1.165, 1.54) is 50.5 Å². The molecule has 0 radical (unpaired) electrons. The highest BCUT2D eigenvalue weighted by Gasteiger charge is 2.18. The van der Waals surface area contributed by atoms with Gasteiger partial charge in [-0.25, -0.2) is 0 Å². The van der Waals surface area contributed by atoms with E-state index in [4.69, 9.17) is 0 Å². The van der Waals surface area contributed by atoms with Crippen LogP contribution in [0.4, 0.5) is 0 Å². The van der Waals surface area contributed by atoms with Crippen molar-refractivity contribution in [3.8, 4) is 0 Å². The molecule has 0 unspecified atom stereocenters. The lowest BCUT2D eigenvalue weighted by Crippen LogP contribution is -1.93. The predicted octanol–water partition coefficient (Wildman–Crippen LogP) is 3.84. The molecular formula is C12H18. The topological polar surface area (TPSA) is 0 Å².